The van der Waals surface area contributed by atoms with Crippen molar-refractivity contribution in [1.82, 2.24) is 4.31 Å². The number of anilines is 1. The summed E-state index contributed by atoms with van der Waals surface area (Å²) in [7, 11) is -3.84. The van der Waals surface area contributed by atoms with Gasteiger partial charge >= 0.3 is 0 Å². The van der Waals surface area contributed by atoms with Gasteiger partial charge in [-0.15, -0.1) is 0 Å². The predicted molar refractivity (Wildman–Crippen MR) is 111 cm³/mol. The lowest BCUT2D eigenvalue weighted by molar-refractivity contribution is -0.119. The van der Waals surface area contributed by atoms with E-state index in [1.165, 1.54) is 16.4 Å². The quantitative estimate of drug-likeness (QED) is 0.648. The summed E-state index contributed by atoms with van der Waals surface area (Å²) in [5, 5.41) is 3.20. The van der Waals surface area contributed by atoms with E-state index in [0.717, 1.165) is 5.56 Å². The van der Waals surface area contributed by atoms with Gasteiger partial charge in [-0.05, 0) is 44.0 Å². The second-order valence-electron chi connectivity index (χ2n) is 7.24. The second-order valence-corrected chi connectivity index (χ2v) is 9.13. The van der Waals surface area contributed by atoms with Crippen LogP contribution < -0.4 is 11.1 Å². The fourth-order valence-electron chi connectivity index (χ4n) is 3.69. The molecule has 1 saturated heterocycles. The van der Waals surface area contributed by atoms with E-state index in [-0.39, 0.29) is 22.9 Å². The number of carbonyl (C=O) groups is 2. The molecule has 0 radical (unpaired) electrons. The number of primary amides is 1. The Balaban J connectivity index is 1.65. The summed E-state index contributed by atoms with van der Waals surface area (Å²) in [4.78, 5) is 25.0. The fraction of sp³-hybridized carbons (Fsp3) is 0.238. The molecule has 0 saturated carbocycles. The van der Waals surface area contributed by atoms with Crippen molar-refractivity contribution in [3.05, 3.63) is 59.9 Å². The van der Waals surface area contributed by atoms with Crippen molar-refractivity contribution in [1.29, 1.82) is 0 Å². The van der Waals surface area contributed by atoms with Gasteiger partial charge < -0.3 is 15.5 Å². The molecule has 4 rings (SSSR count). The maximum Gasteiger partial charge on any atom is 0.286 e. The predicted octanol–water partition coefficient (Wildman–Crippen LogP) is 2.63. The van der Waals surface area contributed by atoms with Crippen molar-refractivity contribution in [2.45, 2.75) is 30.7 Å². The van der Waals surface area contributed by atoms with Crippen LogP contribution in [-0.4, -0.2) is 37.1 Å². The second kappa shape index (κ2) is 7.58. The lowest BCUT2D eigenvalue weighted by Gasteiger charge is -2.23. The standard InChI is InChI=1S/C21H21N3O5S/c1-13-8-10-14(11-9-13)30(27,28)24-12-4-6-16(24)21(26)23-18-15-5-2-3-7-17(15)29-19(18)20(22)25/h2-3,5,7-11,16H,4,6,12H2,1H3,(H2,22,25)(H,23,26). The minimum absolute atomic E-state index is 0.138. The van der Waals surface area contributed by atoms with Crippen LogP contribution in [0.15, 0.2) is 57.8 Å². The number of benzene rings is 2. The molecule has 8 nitrogen and oxygen atoms in total. The van der Waals surface area contributed by atoms with Crippen LogP contribution in [0.2, 0.25) is 0 Å². The summed E-state index contributed by atoms with van der Waals surface area (Å²) < 4.78 is 32.9. The number of nitrogens with zero attached hydrogens (tertiary/aromatic N) is 1. The third kappa shape index (κ3) is 3.46. The van der Waals surface area contributed by atoms with Gasteiger partial charge in [0.15, 0.2) is 0 Å². The summed E-state index contributed by atoms with van der Waals surface area (Å²) >= 11 is 0. The molecule has 156 valence electrons. The van der Waals surface area contributed by atoms with E-state index in [9.17, 15) is 18.0 Å². The van der Waals surface area contributed by atoms with Crippen LogP contribution in [0, 0.1) is 6.92 Å². The van der Waals surface area contributed by atoms with Crippen LogP contribution in [0.5, 0.6) is 0 Å². The maximum atomic E-state index is 13.1. The van der Waals surface area contributed by atoms with Crippen molar-refractivity contribution >= 4 is 38.5 Å². The highest BCUT2D eigenvalue weighted by molar-refractivity contribution is 7.89. The van der Waals surface area contributed by atoms with Gasteiger partial charge in [-0.2, -0.15) is 4.31 Å². The number of rotatable bonds is 5. The number of aryl methyl sites for hydroxylation is 1. The average Bonchev–Trinajstić information content (AvgIpc) is 3.34. The van der Waals surface area contributed by atoms with E-state index < -0.39 is 27.9 Å². The number of carbonyl (C=O) groups excluding carboxylic acids is 2. The first-order valence-electron chi connectivity index (χ1n) is 9.50. The molecule has 2 heterocycles. The maximum absolute atomic E-state index is 13.1. The van der Waals surface area contributed by atoms with E-state index in [0.29, 0.717) is 23.8 Å². The molecule has 2 aromatic carbocycles. The Morgan fingerprint density at radius 1 is 1.13 bits per heavy atom. The molecule has 1 unspecified atom stereocenters. The topological polar surface area (TPSA) is 123 Å². The molecule has 3 aromatic rings. The Morgan fingerprint density at radius 2 is 1.83 bits per heavy atom. The zero-order valence-electron chi connectivity index (χ0n) is 16.3. The van der Waals surface area contributed by atoms with E-state index in [4.69, 9.17) is 10.2 Å². The van der Waals surface area contributed by atoms with Crippen LogP contribution in [-0.2, 0) is 14.8 Å². The largest absolute Gasteiger partial charge is 0.449 e. The van der Waals surface area contributed by atoms with E-state index in [1.54, 1.807) is 36.4 Å². The number of nitrogens with two attached hydrogens (primary N) is 1. The Hall–Kier alpha value is -3.17. The van der Waals surface area contributed by atoms with Crippen molar-refractivity contribution in [2.24, 2.45) is 5.73 Å². The molecule has 9 heteroatoms. The van der Waals surface area contributed by atoms with Crippen LogP contribution in [0.4, 0.5) is 5.69 Å². The Kier molecular flexibility index (Phi) is 5.08. The molecule has 3 N–H and O–H groups in total. The molecule has 1 aromatic heterocycles. The molecule has 0 spiro atoms. The third-order valence-electron chi connectivity index (χ3n) is 5.20. The molecule has 1 fully saturated rings. The molecular weight excluding hydrogens is 406 g/mol. The number of furan rings is 1. The lowest BCUT2D eigenvalue weighted by atomic mass is 10.2. The molecule has 1 aliphatic heterocycles. The highest BCUT2D eigenvalue weighted by Crippen LogP contribution is 2.32. The minimum Gasteiger partial charge on any atom is -0.449 e. The first-order valence-corrected chi connectivity index (χ1v) is 10.9. The van der Waals surface area contributed by atoms with Crippen LogP contribution >= 0.6 is 0 Å². The van der Waals surface area contributed by atoms with Crippen molar-refractivity contribution in [3.8, 4) is 0 Å². The SMILES string of the molecule is Cc1ccc(S(=O)(=O)N2CCCC2C(=O)Nc2c(C(N)=O)oc3ccccc23)cc1. The van der Waals surface area contributed by atoms with Crippen molar-refractivity contribution in [3.63, 3.8) is 0 Å². The zero-order valence-corrected chi connectivity index (χ0v) is 17.1. The zero-order chi connectivity index (χ0) is 21.5. The van der Waals surface area contributed by atoms with Gasteiger partial charge in [-0.3, -0.25) is 9.59 Å². The Bertz CT molecular complexity index is 1230. The normalized spacial score (nSPS) is 17.3. The number of hydrogen-bond acceptors (Lipinski definition) is 5. The summed E-state index contributed by atoms with van der Waals surface area (Å²) in [5.41, 5.74) is 6.90. The van der Waals surface area contributed by atoms with Gasteiger partial charge in [0.2, 0.25) is 21.7 Å². The van der Waals surface area contributed by atoms with E-state index in [1.807, 2.05) is 6.92 Å². The van der Waals surface area contributed by atoms with Crippen LogP contribution in [0.1, 0.15) is 29.0 Å². The first kappa shape index (κ1) is 20.1. The lowest BCUT2D eigenvalue weighted by Crippen LogP contribution is -2.43. The highest BCUT2D eigenvalue weighted by atomic mass is 32.2. The molecule has 30 heavy (non-hydrogen) atoms. The summed E-state index contributed by atoms with van der Waals surface area (Å²) in [6, 6.07) is 12.4. The molecular formula is C21H21N3O5S. The fourth-order valence-corrected chi connectivity index (χ4v) is 5.34. The molecule has 0 bridgehead atoms. The number of nitrogens with one attached hydrogen (secondary N) is 1. The molecule has 1 atom stereocenters. The smallest absolute Gasteiger partial charge is 0.286 e. The number of sulfonamides is 1. The minimum atomic E-state index is -3.84. The number of amides is 2. The average molecular weight is 427 g/mol. The van der Waals surface area contributed by atoms with Gasteiger partial charge in [0.25, 0.3) is 5.91 Å². The monoisotopic (exact) mass is 427 g/mol. The molecule has 1 aliphatic rings. The molecule has 2 amide bonds. The van der Waals surface area contributed by atoms with Crippen LogP contribution in [0.3, 0.4) is 0 Å². The first-order chi connectivity index (χ1) is 14.3. The summed E-state index contributed by atoms with van der Waals surface area (Å²) in [6.07, 6.45) is 0.927. The number of para-hydroxylation sites is 1. The third-order valence-corrected chi connectivity index (χ3v) is 7.12. The summed E-state index contributed by atoms with van der Waals surface area (Å²) in [6.45, 7) is 2.11. The molecule has 0 aliphatic carbocycles. The van der Waals surface area contributed by atoms with E-state index in [2.05, 4.69) is 5.32 Å². The van der Waals surface area contributed by atoms with Gasteiger partial charge in [0, 0.05) is 11.9 Å². The number of hydrogen-bond donors (Lipinski definition) is 2. The van der Waals surface area contributed by atoms with Gasteiger partial charge in [-0.1, -0.05) is 29.8 Å². The van der Waals surface area contributed by atoms with Crippen LogP contribution in [0.25, 0.3) is 11.0 Å². The number of fused-ring (bicyclic) bond motifs is 1. The van der Waals surface area contributed by atoms with Gasteiger partial charge in [-0.25, -0.2) is 8.42 Å². The Morgan fingerprint density at radius 3 is 2.53 bits per heavy atom. The highest BCUT2D eigenvalue weighted by Gasteiger charge is 2.40. The van der Waals surface area contributed by atoms with E-state index >= 15 is 0 Å². The van der Waals surface area contributed by atoms with Gasteiger partial charge in [0.05, 0.1) is 4.90 Å². The van der Waals surface area contributed by atoms with Crippen molar-refractivity contribution in [2.75, 3.05) is 11.9 Å². The van der Waals surface area contributed by atoms with Crippen molar-refractivity contribution < 1.29 is 22.4 Å². The summed E-state index contributed by atoms with van der Waals surface area (Å²) in [5.74, 6) is -1.52. The Labute approximate surface area is 173 Å². The van der Waals surface area contributed by atoms with Gasteiger partial charge in [0.1, 0.15) is 17.3 Å².